The van der Waals surface area contributed by atoms with Crippen molar-refractivity contribution >= 4 is 28.1 Å². The SMILES string of the molecule is Cc1cccc(C)c1NC(=O)CNc1cccc2ccccc12. The van der Waals surface area contributed by atoms with Crippen LogP contribution in [0.4, 0.5) is 11.4 Å². The first-order chi connectivity index (χ1) is 11.1. The minimum atomic E-state index is -0.0460. The number of nitrogens with one attached hydrogen (secondary N) is 2. The largest absolute Gasteiger partial charge is 0.376 e. The van der Waals surface area contributed by atoms with Crippen LogP contribution in [0, 0.1) is 13.8 Å². The lowest BCUT2D eigenvalue weighted by molar-refractivity contribution is -0.114. The Morgan fingerprint density at radius 1 is 0.870 bits per heavy atom. The molecule has 1 amide bonds. The Morgan fingerprint density at radius 2 is 1.52 bits per heavy atom. The van der Waals surface area contributed by atoms with E-state index in [2.05, 4.69) is 28.8 Å². The third kappa shape index (κ3) is 3.34. The van der Waals surface area contributed by atoms with Gasteiger partial charge in [0.15, 0.2) is 0 Å². The first-order valence-corrected chi connectivity index (χ1v) is 7.73. The van der Waals surface area contributed by atoms with Crippen molar-refractivity contribution < 1.29 is 4.79 Å². The molecular weight excluding hydrogens is 284 g/mol. The minimum absolute atomic E-state index is 0.0460. The predicted molar refractivity (Wildman–Crippen MR) is 97.0 cm³/mol. The van der Waals surface area contributed by atoms with Crippen molar-refractivity contribution in [3.63, 3.8) is 0 Å². The lowest BCUT2D eigenvalue weighted by Gasteiger charge is -2.13. The topological polar surface area (TPSA) is 41.1 Å². The van der Waals surface area contributed by atoms with Crippen molar-refractivity contribution in [2.75, 3.05) is 17.2 Å². The Morgan fingerprint density at radius 3 is 2.30 bits per heavy atom. The molecule has 0 aromatic heterocycles. The van der Waals surface area contributed by atoms with Gasteiger partial charge in [0, 0.05) is 16.8 Å². The van der Waals surface area contributed by atoms with Crippen LogP contribution < -0.4 is 10.6 Å². The molecule has 23 heavy (non-hydrogen) atoms. The molecule has 2 N–H and O–H groups in total. The molecule has 0 aliphatic heterocycles. The normalized spacial score (nSPS) is 10.5. The van der Waals surface area contributed by atoms with Gasteiger partial charge in [0.05, 0.1) is 6.54 Å². The number of amides is 1. The van der Waals surface area contributed by atoms with Gasteiger partial charge in [-0.15, -0.1) is 0 Å². The number of fused-ring (bicyclic) bond motifs is 1. The van der Waals surface area contributed by atoms with Gasteiger partial charge >= 0.3 is 0 Å². The van der Waals surface area contributed by atoms with E-state index in [1.165, 1.54) is 0 Å². The Bertz CT molecular complexity index is 830. The van der Waals surface area contributed by atoms with Gasteiger partial charge in [0.25, 0.3) is 0 Å². The fourth-order valence-corrected chi connectivity index (χ4v) is 2.75. The highest BCUT2D eigenvalue weighted by molar-refractivity contribution is 5.98. The molecule has 3 nitrogen and oxygen atoms in total. The maximum Gasteiger partial charge on any atom is 0.243 e. The van der Waals surface area contributed by atoms with Crippen molar-refractivity contribution in [3.05, 3.63) is 71.8 Å². The zero-order chi connectivity index (χ0) is 16.2. The summed E-state index contributed by atoms with van der Waals surface area (Å²) >= 11 is 0. The molecule has 0 atom stereocenters. The lowest BCUT2D eigenvalue weighted by atomic mass is 10.1. The highest BCUT2D eigenvalue weighted by Gasteiger charge is 2.08. The fourth-order valence-electron chi connectivity index (χ4n) is 2.75. The van der Waals surface area contributed by atoms with Crippen LogP contribution in [0.15, 0.2) is 60.7 Å². The number of rotatable bonds is 4. The van der Waals surface area contributed by atoms with Crippen LogP contribution in [-0.4, -0.2) is 12.5 Å². The maximum absolute atomic E-state index is 12.3. The van der Waals surface area contributed by atoms with Crippen molar-refractivity contribution in [1.29, 1.82) is 0 Å². The van der Waals surface area contributed by atoms with Crippen LogP contribution in [0.2, 0.25) is 0 Å². The second kappa shape index (κ2) is 6.53. The van der Waals surface area contributed by atoms with E-state index >= 15 is 0 Å². The predicted octanol–water partition coefficient (Wildman–Crippen LogP) is 4.51. The molecule has 3 aromatic rings. The summed E-state index contributed by atoms with van der Waals surface area (Å²) in [6, 6.07) is 20.2. The van der Waals surface area contributed by atoms with Crippen molar-refractivity contribution in [2.24, 2.45) is 0 Å². The standard InChI is InChI=1S/C20H20N2O/c1-14-7-5-8-15(2)20(14)22-19(23)13-21-18-12-6-10-16-9-3-4-11-17(16)18/h3-12,21H,13H2,1-2H3,(H,22,23). The fraction of sp³-hybridized carbons (Fsp3) is 0.150. The van der Waals surface area contributed by atoms with Gasteiger partial charge in [-0.1, -0.05) is 54.6 Å². The quantitative estimate of drug-likeness (QED) is 0.744. The van der Waals surface area contributed by atoms with Crippen molar-refractivity contribution in [2.45, 2.75) is 13.8 Å². The van der Waals surface area contributed by atoms with E-state index in [1.807, 2.05) is 56.3 Å². The molecule has 3 aromatic carbocycles. The summed E-state index contributed by atoms with van der Waals surface area (Å²) in [7, 11) is 0. The zero-order valence-electron chi connectivity index (χ0n) is 13.4. The van der Waals surface area contributed by atoms with Crippen molar-refractivity contribution in [1.82, 2.24) is 0 Å². The van der Waals surface area contributed by atoms with Gasteiger partial charge in [0.2, 0.25) is 5.91 Å². The number of anilines is 2. The third-order valence-electron chi connectivity index (χ3n) is 3.97. The van der Waals surface area contributed by atoms with Gasteiger partial charge in [-0.25, -0.2) is 0 Å². The van der Waals surface area contributed by atoms with Crippen molar-refractivity contribution in [3.8, 4) is 0 Å². The molecular formula is C20H20N2O. The number of carbonyl (C=O) groups excluding carboxylic acids is 1. The van der Waals surface area contributed by atoms with Gasteiger partial charge in [0.1, 0.15) is 0 Å². The Hall–Kier alpha value is -2.81. The highest BCUT2D eigenvalue weighted by atomic mass is 16.1. The van der Waals surface area contributed by atoms with E-state index in [4.69, 9.17) is 0 Å². The van der Waals surface area contributed by atoms with E-state index in [-0.39, 0.29) is 12.5 Å². The van der Waals surface area contributed by atoms with Gasteiger partial charge in [-0.05, 0) is 36.4 Å². The summed E-state index contributed by atoms with van der Waals surface area (Å²) in [5, 5.41) is 8.51. The van der Waals surface area contributed by atoms with Crippen LogP contribution in [0.1, 0.15) is 11.1 Å². The summed E-state index contributed by atoms with van der Waals surface area (Å²) in [5.41, 5.74) is 4.02. The van der Waals surface area contributed by atoms with E-state index in [0.29, 0.717) is 0 Å². The van der Waals surface area contributed by atoms with E-state index in [9.17, 15) is 4.79 Å². The summed E-state index contributed by atoms with van der Waals surface area (Å²) < 4.78 is 0. The van der Waals surface area contributed by atoms with E-state index < -0.39 is 0 Å². The summed E-state index contributed by atoms with van der Waals surface area (Å²) in [4.78, 5) is 12.3. The van der Waals surface area contributed by atoms with Gasteiger partial charge < -0.3 is 10.6 Å². The molecule has 0 fully saturated rings. The summed E-state index contributed by atoms with van der Waals surface area (Å²) in [5.74, 6) is -0.0460. The molecule has 116 valence electrons. The Labute approximate surface area is 136 Å². The average Bonchev–Trinajstić information content (AvgIpc) is 2.56. The first kappa shape index (κ1) is 15.1. The molecule has 0 radical (unpaired) electrons. The number of hydrogen-bond acceptors (Lipinski definition) is 2. The molecule has 3 heteroatoms. The zero-order valence-corrected chi connectivity index (χ0v) is 13.4. The summed E-state index contributed by atoms with van der Waals surface area (Å²) in [6.45, 7) is 4.24. The van der Waals surface area contributed by atoms with E-state index in [1.54, 1.807) is 0 Å². The molecule has 0 unspecified atom stereocenters. The number of benzene rings is 3. The number of para-hydroxylation sites is 1. The molecule has 0 aliphatic carbocycles. The van der Waals surface area contributed by atoms with Crippen LogP contribution in [0.25, 0.3) is 10.8 Å². The van der Waals surface area contributed by atoms with Gasteiger partial charge in [-0.2, -0.15) is 0 Å². The first-order valence-electron chi connectivity index (χ1n) is 7.73. The molecule has 3 rings (SSSR count). The van der Waals surface area contributed by atoms with Crippen LogP contribution in [0.3, 0.4) is 0 Å². The number of carbonyl (C=O) groups is 1. The molecule has 0 saturated carbocycles. The molecule has 0 bridgehead atoms. The lowest BCUT2D eigenvalue weighted by Crippen LogP contribution is -2.22. The summed E-state index contributed by atoms with van der Waals surface area (Å²) in [6.07, 6.45) is 0. The Balaban J connectivity index is 1.71. The van der Waals surface area contributed by atoms with Crippen LogP contribution in [-0.2, 0) is 4.79 Å². The van der Waals surface area contributed by atoms with Crippen LogP contribution in [0.5, 0.6) is 0 Å². The Kier molecular flexibility index (Phi) is 4.29. The molecule has 0 aliphatic rings. The third-order valence-corrected chi connectivity index (χ3v) is 3.97. The second-order valence-corrected chi connectivity index (χ2v) is 5.70. The molecule has 0 heterocycles. The van der Waals surface area contributed by atoms with Gasteiger partial charge in [-0.3, -0.25) is 4.79 Å². The highest BCUT2D eigenvalue weighted by Crippen LogP contribution is 2.23. The monoisotopic (exact) mass is 304 g/mol. The maximum atomic E-state index is 12.3. The number of hydrogen-bond donors (Lipinski definition) is 2. The van der Waals surface area contributed by atoms with Crippen LogP contribution >= 0.6 is 0 Å². The minimum Gasteiger partial charge on any atom is -0.376 e. The second-order valence-electron chi connectivity index (χ2n) is 5.70. The molecule has 0 saturated heterocycles. The smallest absolute Gasteiger partial charge is 0.243 e. The number of aryl methyl sites for hydroxylation is 2. The molecule has 0 spiro atoms. The average molecular weight is 304 g/mol. The van der Waals surface area contributed by atoms with E-state index in [0.717, 1.165) is 33.3 Å².